The Morgan fingerprint density at radius 3 is 2.70 bits per heavy atom. The summed E-state index contributed by atoms with van der Waals surface area (Å²) in [5.41, 5.74) is -0.803. The monoisotopic (exact) mass is 301 g/mol. The molecule has 0 saturated heterocycles. The van der Waals surface area contributed by atoms with Gasteiger partial charge in [0, 0.05) is 12.7 Å². The minimum atomic E-state index is -0.783. The molecule has 0 spiro atoms. The number of carbonyl (C=O) groups is 2. The van der Waals surface area contributed by atoms with Crippen molar-refractivity contribution in [2.75, 3.05) is 20.2 Å². The van der Waals surface area contributed by atoms with E-state index in [9.17, 15) is 19.7 Å². The van der Waals surface area contributed by atoms with Crippen molar-refractivity contribution in [3.8, 4) is 0 Å². The van der Waals surface area contributed by atoms with Gasteiger partial charge in [-0.1, -0.05) is 11.6 Å². The predicted molar refractivity (Wildman–Crippen MR) is 69.5 cm³/mol. The summed E-state index contributed by atoms with van der Waals surface area (Å²) in [5, 5.41) is 10.6. The van der Waals surface area contributed by atoms with Crippen LogP contribution < -0.4 is 0 Å². The van der Waals surface area contributed by atoms with Crippen LogP contribution in [0.2, 0.25) is 5.15 Å². The van der Waals surface area contributed by atoms with Crippen LogP contribution >= 0.6 is 11.6 Å². The molecule has 0 radical (unpaired) electrons. The lowest BCUT2D eigenvalue weighted by molar-refractivity contribution is -0.385. The van der Waals surface area contributed by atoms with Crippen molar-refractivity contribution in [3.05, 3.63) is 33.1 Å². The van der Waals surface area contributed by atoms with Crippen molar-refractivity contribution in [2.45, 2.75) is 6.92 Å². The number of hydrogen-bond acceptors (Lipinski definition) is 6. The van der Waals surface area contributed by atoms with Crippen LogP contribution in [0.3, 0.4) is 0 Å². The summed E-state index contributed by atoms with van der Waals surface area (Å²) in [4.78, 5) is 38.3. The lowest BCUT2D eigenvalue weighted by Crippen LogP contribution is -2.36. The van der Waals surface area contributed by atoms with Crippen LogP contribution in [0.5, 0.6) is 0 Å². The number of esters is 1. The Hall–Kier alpha value is -2.22. The third-order valence-electron chi connectivity index (χ3n) is 2.51. The average molecular weight is 302 g/mol. The summed E-state index contributed by atoms with van der Waals surface area (Å²) in [5.74, 6) is -1.31. The van der Waals surface area contributed by atoms with Crippen molar-refractivity contribution < 1.29 is 19.2 Å². The Morgan fingerprint density at radius 2 is 2.20 bits per heavy atom. The van der Waals surface area contributed by atoms with Crippen LogP contribution in [0.4, 0.5) is 5.69 Å². The Morgan fingerprint density at radius 1 is 1.55 bits per heavy atom. The first kappa shape index (κ1) is 15.8. The molecule has 0 atom stereocenters. The van der Waals surface area contributed by atoms with Gasteiger partial charge < -0.3 is 9.64 Å². The van der Waals surface area contributed by atoms with Gasteiger partial charge >= 0.3 is 11.7 Å². The number of nitrogens with zero attached hydrogens (tertiary/aromatic N) is 3. The molecule has 1 amide bonds. The van der Waals surface area contributed by atoms with E-state index in [-0.39, 0.29) is 23.8 Å². The molecule has 9 heteroatoms. The van der Waals surface area contributed by atoms with Crippen molar-refractivity contribution >= 4 is 29.2 Å². The number of rotatable bonds is 5. The molecule has 8 nitrogen and oxygen atoms in total. The highest BCUT2D eigenvalue weighted by molar-refractivity contribution is 6.32. The maximum absolute atomic E-state index is 12.2. The smallest absolute Gasteiger partial charge is 0.325 e. The van der Waals surface area contributed by atoms with Crippen LogP contribution in [-0.4, -0.2) is 46.9 Å². The van der Waals surface area contributed by atoms with Gasteiger partial charge in [-0.25, -0.2) is 4.98 Å². The van der Waals surface area contributed by atoms with E-state index in [1.54, 1.807) is 6.92 Å². The SMILES string of the molecule is CCN(CC(=O)OC)C(=O)c1ccnc(Cl)c1[N+](=O)[O-]. The number of carbonyl (C=O) groups excluding carboxylic acids is 2. The van der Waals surface area contributed by atoms with Crippen LogP contribution in [0.15, 0.2) is 12.3 Å². The van der Waals surface area contributed by atoms with Gasteiger partial charge in [-0.2, -0.15) is 0 Å². The second-order valence-electron chi connectivity index (χ2n) is 3.65. The first-order valence-corrected chi connectivity index (χ1v) is 5.95. The minimum absolute atomic E-state index is 0.186. The highest BCUT2D eigenvalue weighted by Crippen LogP contribution is 2.26. The first-order valence-electron chi connectivity index (χ1n) is 5.57. The molecule has 0 saturated carbocycles. The lowest BCUT2D eigenvalue weighted by Gasteiger charge is -2.19. The van der Waals surface area contributed by atoms with Crippen molar-refractivity contribution in [2.24, 2.45) is 0 Å². The highest BCUT2D eigenvalue weighted by atomic mass is 35.5. The summed E-state index contributed by atoms with van der Waals surface area (Å²) >= 11 is 5.63. The van der Waals surface area contributed by atoms with E-state index >= 15 is 0 Å². The van der Waals surface area contributed by atoms with Gasteiger partial charge in [0.2, 0.25) is 5.15 Å². The number of aromatic nitrogens is 1. The van der Waals surface area contributed by atoms with Gasteiger partial charge in [-0.05, 0) is 13.0 Å². The third kappa shape index (κ3) is 3.41. The normalized spacial score (nSPS) is 9.95. The number of halogens is 1. The topological polar surface area (TPSA) is 103 Å². The summed E-state index contributed by atoms with van der Waals surface area (Å²) in [7, 11) is 1.19. The number of pyridine rings is 1. The number of ether oxygens (including phenoxy) is 1. The van der Waals surface area contributed by atoms with Gasteiger partial charge in [0.25, 0.3) is 5.91 Å². The molecule has 0 aliphatic carbocycles. The van der Waals surface area contributed by atoms with E-state index in [1.807, 2.05) is 0 Å². The van der Waals surface area contributed by atoms with Gasteiger partial charge in [0.1, 0.15) is 12.1 Å². The zero-order valence-electron chi connectivity index (χ0n) is 10.8. The van der Waals surface area contributed by atoms with Gasteiger partial charge in [0.05, 0.1) is 12.0 Å². The van der Waals surface area contributed by atoms with Crippen molar-refractivity contribution in [1.29, 1.82) is 0 Å². The van der Waals surface area contributed by atoms with Crippen molar-refractivity contribution in [1.82, 2.24) is 9.88 Å². The van der Waals surface area contributed by atoms with E-state index in [4.69, 9.17) is 11.6 Å². The van der Waals surface area contributed by atoms with E-state index in [1.165, 1.54) is 19.4 Å². The zero-order chi connectivity index (χ0) is 15.3. The molecule has 1 heterocycles. The molecule has 0 N–H and O–H groups in total. The first-order chi connectivity index (χ1) is 9.42. The highest BCUT2D eigenvalue weighted by Gasteiger charge is 2.28. The van der Waals surface area contributed by atoms with Crippen LogP contribution in [0, 0.1) is 10.1 Å². The molecule has 1 rings (SSSR count). The number of amides is 1. The second-order valence-corrected chi connectivity index (χ2v) is 4.01. The Balaban J connectivity index is 3.16. The second kappa shape index (κ2) is 6.80. The fourth-order valence-electron chi connectivity index (χ4n) is 1.49. The van der Waals surface area contributed by atoms with E-state index in [2.05, 4.69) is 9.72 Å². The Labute approximate surface area is 119 Å². The molecule has 0 unspecified atom stereocenters. The van der Waals surface area contributed by atoms with E-state index in [0.717, 1.165) is 4.90 Å². The molecule has 1 aromatic heterocycles. The van der Waals surface area contributed by atoms with Crippen LogP contribution in [-0.2, 0) is 9.53 Å². The quantitative estimate of drug-likeness (QED) is 0.351. The van der Waals surface area contributed by atoms with E-state index < -0.39 is 22.5 Å². The zero-order valence-corrected chi connectivity index (χ0v) is 11.6. The molecule has 0 aliphatic heterocycles. The fraction of sp³-hybridized carbons (Fsp3) is 0.364. The maximum atomic E-state index is 12.2. The third-order valence-corrected chi connectivity index (χ3v) is 2.79. The van der Waals surface area contributed by atoms with Gasteiger partial charge in [0.15, 0.2) is 0 Å². The molecule has 0 bridgehead atoms. The number of likely N-dealkylation sites (N-methyl/N-ethyl adjacent to an activating group) is 1. The summed E-state index contributed by atoms with van der Waals surface area (Å²) in [6.45, 7) is 1.52. The Kier molecular flexibility index (Phi) is 5.39. The molecule has 1 aromatic rings. The fourth-order valence-corrected chi connectivity index (χ4v) is 1.72. The largest absolute Gasteiger partial charge is 0.468 e. The lowest BCUT2D eigenvalue weighted by atomic mass is 10.2. The molecule has 108 valence electrons. The van der Waals surface area contributed by atoms with E-state index in [0.29, 0.717) is 0 Å². The molecule has 0 aromatic carbocycles. The van der Waals surface area contributed by atoms with Crippen molar-refractivity contribution in [3.63, 3.8) is 0 Å². The minimum Gasteiger partial charge on any atom is -0.468 e. The van der Waals surface area contributed by atoms with Gasteiger partial charge in [-0.15, -0.1) is 0 Å². The predicted octanol–water partition coefficient (Wildman–Crippen LogP) is 1.28. The number of nitro groups is 1. The molecule has 0 fully saturated rings. The number of hydrogen-bond donors (Lipinski definition) is 0. The molecular formula is C11H12ClN3O5. The molecule has 20 heavy (non-hydrogen) atoms. The standard InChI is InChI=1S/C11H12ClN3O5/c1-3-14(6-8(16)20-2)11(17)7-4-5-13-10(12)9(7)15(18)19/h4-5H,3,6H2,1-2H3. The summed E-state index contributed by atoms with van der Waals surface area (Å²) in [6, 6.07) is 1.19. The summed E-state index contributed by atoms with van der Waals surface area (Å²) < 4.78 is 4.46. The maximum Gasteiger partial charge on any atom is 0.325 e. The Bertz CT molecular complexity index is 549. The molecule has 0 aliphatic rings. The van der Waals surface area contributed by atoms with Crippen LogP contribution in [0.25, 0.3) is 0 Å². The van der Waals surface area contributed by atoms with Crippen LogP contribution in [0.1, 0.15) is 17.3 Å². The molecular weight excluding hydrogens is 290 g/mol. The average Bonchev–Trinajstić information content (AvgIpc) is 2.42. The summed E-state index contributed by atoms with van der Waals surface area (Å²) in [6.07, 6.45) is 1.19. The number of methoxy groups -OCH3 is 1. The van der Waals surface area contributed by atoms with Gasteiger partial charge in [-0.3, -0.25) is 19.7 Å².